The molecule has 3 heterocycles. The van der Waals surface area contributed by atoms with Gasteiger partial charge in [-0.05, 0) is 37.1 Å². The number of benzene rings is 1. The fourth-order valence-electron chi connectivity index (χ4n) is 3.53. The Morgan fingerprint density at radius 2 is 2.04 bits per heavy atom. The van der Waals surface area contributed by atoms with Gasteiger partial charge in [-0.15, -0.1) is 11.3 Å². The van der Waals surface area contributed by atoms with E-state index in [0.717, 1.165) is 66.0 Å². The molecule has 0 saturated carbocycles. The summed E-state index contributed by atoms with van der Waals surface area (Å²) < 4.78 is 10.8. The highest BCUT2D eigenvalue weighted by molar-refractivity contribution is 7.18. The zero-order valence-electron chi connectivity index (χ0n) is 16.7. The van der Waals surface area contributed by atoms with Crippen molar-refractivity contribution in [3.8, 4) is 5.75 Å². The summed E-state index contributed by atoms with van der Waals surface area (Å²) in [6.07, 6.45) is 0. The summed E-state index contributed by atoms with van der Waals surface area (Å²) in [5.41, 5.74) is 2.43. The second kappa shape index (κ2) is 8.43. The molecule has 1 saturated heterocycles. The first-order valence-electron chi connectivity index (χ1n) is 9.69. The molecule has 1 aliphatic heterocycles. The van der Waals surface area contributed by atoms with Crippen LogP contribution in [0.3, 0.4) is 0 Å². The Hall–Kier alpha value is -2.22. The van der Waals surface area contributed by atoms with Crippen molar-refractivity contribution in [3.05, 3.63) is 46.1 Å². The van der Waals surface area contributed by atoms with Crippen molar-refractivity contribution in [2.45, 2.75) is 26.9 Å². The van der Waals surface area contributed by atoms with Gasteiger partial charge >= 0.3 is 0 Å². The lowest BCUT2D eigenvalue weighted by Gasteiger charge is -2.23. The number of aryl methyl sites for hydroxylation is 2. The maximum absolute atomic E-state index is 5.47. The van der Waals surface area contributed by atoms with Gasteiger partial charge in [0.1, 0.15) is 36.0 Å². The molecule has 1 aromatic carbocycles. The minimum absolute atomic E-state index is 0.696. The molecule has 2 aromatic heterocycles. The molecule has 1 fully saturated rings. The summed E-state index contributed by atoms with van der Waals surface area (Å²) in [4.78, 5) is 13.6. The van der Waals surface area contributed by atoms with Crippen LogP contribution in [-0.2, 0) is 17.8 Å². The van der Waals surface area contributed by atoms with E-state index in [0.29, 0.717) is 6.54 Å². The van der Waals surface area contributed by atoms with E-state index in [2.05, 4.69) is 31.3 Å². The van der Waals surface area contributed by atoms with E-state index in [1.807, 2.05) is 12.1 Å². The molecule has 2 N–H and O–H groups in total. The van der Waals surface area contributed by atoms with Crippen molar-refractivity contribution in [1.82, 2.24) is 9.97 Å². The molecule has 0 atom stereocenters. The van der Waals surface area contributed by atoms with Gasteiger partial charge in [-0.3, -0.25) is 0 Å². The Labute approximate surface area is 169 Å². The highest BCUT2D eigenvalue weighted by atomic mass is 32.1. The Bertz CT molecular complexity index is 966. The van der Waals surface area contributed by atoms with E-state index < -0.39 is 0 Å². The third-order valence-electron chi connectivity index (χ3n) is 5.28. The molecule has 3 aromatic rings. The lowest BCUT2D eigenvalue weighted by molar-refractivity contribution is -0.922. The summed E-state index contributed by atoms with van der Waals surface area (Å²) >= 11 is 1.75. The standard InChI is InChI=1S/C21H26N4O2S/c1-14-15(2)28-21-19(14)20(22-12-16-5-4-6-17(11-16)26-3)23-18(24-21)13-25-7-9-27-10-8-25/h4-6,11H,7-10,12-13H2,1-3H3,(H,22,23,24)/p+1. The van der Waals surface area contributed by atoms with Crippen LogP contribution in [0.1, 0.15) is 21.8 Å². The number of ether oxygens (including phenoxy) is 2. The number of thiophene rings is 1. The molecule has 1 aliphatic rings. The van der Waals surface area contributed by atoms with Crippen molar-refractivity contribution >= 4 is 27.4 Å². The van der Waals surface area contributed by atoms with Crippen LogP contribution in [0.15, 0.2) is 24.3 Å². The number of aromatic nitrogens is 2. The monoisotopic (exact) mass is 399 g/mol. The molecule has 0 amide bonds. The van der Waals surface area contributed by atoms with E-state index in [4.69, 9.17) is 19.4 Å². The molecule has 0 bridgehead atoms. The SMILES string of the molecule is COc1cccc(CNc2nc(C[NH+]3CCOCC3)nc3sc(C)c(C)c23)c1. The van der Waals surface area contributed by atoms with Gasteiger partial charge in [0.05, 0.1) is 25.7 Å². The van der Waals surface area contributed by atoms with E-state index in [9.17, 15) is 0 Å². The summed E-state index contributed by atoms with van der Waals surface area (Å²) in [6, 6.07) is 8.12. The summed E-state index contributed by atoms with van der Waals surface area (Å²) in [5, 5.41) is 4.70. The highest BCUT2D eigenvalue weighted by Crippen LogP contribution is 2.33. The first-order valence-corrected chi connectivity index (χ1v) is 10.5. The lowest BCUT2D eigenvalue weighted by atomic mass is 10.2. The highest BCUT2D eigenvalue weighted by Gasteiger charge is 2.19. The van der Waals surface area contributed by atoms with Crippen LogP contribution < -0.4 is 15.0 Å². The lowest BCUT2D eigenvalue weighted by Crippen LogP contribution is -3.12. The molecule has 0 radical (unpaired) electrons. The van der Waals surface area contributed by atoms with Gasteiger partial charge in [-0.25, -0.2) is 9.97 Å². The van der Waals surface area contributed by atoms with Gasteiger partial charge in [0.25, 0.3) is 0 Å². The van der Waals surface area contributed by atoms with Gasteiger partial charge in [-0.2, -0.15) is 0 Å². The van der Waals surface area contributed by atoms with E-state index >= 15 is 0 Å². The number of hydrogen-bond acceptors (Lipinski definition) is 6. The number of fused-ring (bicyclic) bond motifs is 1. The van der Waals surface area contributed by atoms with Gasteiger partial charge in [0.2, 0.25) is 0 Å². The average Bonchev–Trinajstić information content (AvgIpc) is 3.01. The molecule has 0 spiro atoms. The number of quaternary nitrogens is 1. The summed E-state index contributed by atoms with van der Waals surface area (Å²) in [5.74, 6) is 2.70. The number of nitrogens with zero attached hydrogens (tertiary/aromatic N) is 2. The van der Waals surface area contributed by atoms with Crippen LogP contribution in [0.5, 0.6) is 5.75 Å². The molecule has 6 nitrogen and oxygen atoms in total. The summed E-state index contributed by atoms with van der Waals surface area (Å²) in [6.45, 7) is 9.49. The molecular formula is C21H27N4O2S+. The van der Waals surface area contributed by atoms with Gasteiger partial charge in [0.15, 0.2) is 5.82 Å². The van der Waals surface area contributed by atoms with Crippen molar-refractivity contribution in [1.29, 1.82) is 0 Å². The van der Waals surface area contributed by atoms with E-state index in [1.54, 1.807) is 18.4 Å². The number of nitrogens with one attached hydrogen (secondary N) is 2. The van der Waals surface area contributed by atoms with Crippen LogP contribution in [0, 0.1) is 13.8 Å². The molecule has 0 unspecified atom stereocenters. The van der Waals surface area contributed by atoms with Crippen LogP contribution >= 0.6 is 11.3 Å². The van der Waals surface area contributed by atoms with E-state index in [1.165, 1.54) is 15.3 Å². The van der Waals surface area contributed by atoms with Crippen LogP contribution in [0.2, 0.25) is 0 Å². The second-order valence-corrected chi connectivity index (χ2v) is 8.40. The number of hydrogen-bond donors (Lipinski definition) is 2. The maximum atomic E-state index is 5.47. The first kappa shape index (κ1) is 19.1. The summed E-state index contributed by atoms with van der Waals surface area (Å²) in [7, 11) is 1.69. The average molecular weight is 400 g/mol. The number of anilines is 1. The van der Waals surface area contributed by atoms with Gasteiger partial charge < -0.3 is 19.7 Å². The zero-order chi connectivity index (χ0) is 19.5. The fraction of sp³-hybridized carbons (Fsp3) is 0.429. The quantitative estimate of drug-likeness (QED) is 0.666. The van der Waals surface area contributed by atoms with E-state index in [-0.39, 0.29) is 0 Å². The third kappa shape index (κ3) is 4.11. The minimum atomic E-state index is 0.696. The van der Waals surface area contributed by atoms with Gasteiger partial charge in [0, 0.05) is 11.4 Å². The Morgan fingerprint density at radius 3 is 2.82 bits per heavy atom. The number of morpholine rings is 1. The van der Waals surface area contributed by atoms with Crippen molar-refractivity contribution in [2.75, 3.05) is 38.7 Å². The maximum Gasteiger partial charge on any atom is 0.187 e. The zero-order valence-corrected chi connectivity index (χ0v) is 17.5. The molecule has 7 heteroatoms. The molecule has 148 valence electrons. The second-order valence-electron chi connectivity index (χ2n) is 7.20. The topological polar surface area (TPSA) is 60.7 Å². The first-order chi connectivity index (χ1) is 13.6. The largest absolute Gasteiger partial charge is 0.497 e. The number of methoxy groups -OCH3 is 1. The normalized spacial score (nSPS) is 15.1. The Kier molecular flexibility index (Phi) is 5.75. The number of rotatable bonds is 6. The van der Waals surface area contributed by atoms with Crippen LogP contribution in [0.25, 0.3) is 10.2 Å². The van der Waals surface area contributed by atoms with Crippen LogP contribution in [-0.4, -0.2) is 43.4 Å². The molecule has 0 aliphatic carbocycles. The van der Waals surface area contributed by atoms with Crippen molar-refractivity contribution in [2.24, 2.45) is 0 Å². The van der Waals surface area contributed by atoms with Gasteiger partial charge in [-0.1, -0.05) is 12.1 Å². The minimum Gasteiger partial charge on any atom is -0.497 e. The Morgan fingerprint density at radius 1 is 1.21 bits per heavy atom. The van der Waals surface area contributed by atoms with Crippen molar-refractivity contribution < 1.29 is 14.4 Å². The predicted molar refractivity (Wildman–Crippen MR) is 112 cm³/mol. The Balaban J connectivity index is 1.62. The molecule has 28 heavy (non-hydrogen) atoms. The third-order valence-corrected chi connectivity index (χ3v) is 6.38. The van der Waals surface area contributed by atoms with Crippen LogP contribution in [0.4, 0.5) is 5.82 Å². The molecular weight excluding hydrogens is 372 g/mol. The molecule has 4 rings (SSSR count). The smallest absolute Gasteiger partial charge is 0.187 e. The predicted octanol–water partition coefficient (Wildman–Crippen LogP) is 2.34. The fourth-order valence-corrected chi connectivity index (χ4v) is 4.58. The van der Waals surface area contributed by atoms with Crippen molar-refractivity contribution in [3.63, 3.8) is 0 Å².